The predicted octanol–water partition coefficient (Wildman–Crippen LogP) is 1.91. The van der Waals surface area contributed by atoms with Crippen molar-refractivity contribution in [1.29, 1.82) is 0 Å². The average Bonchev–Trinajstić information content (AvgIpc) is 2.54. The van der Waals surface area contributed by atoms with Crippen molar-refractivity contribution in [3.8, 4) is 0 Å². The van der Waals surface area contributed by atoms with Gasteiger partial charge in [-0.25, -0.2) is 4.98 Å². The highest BCUT2D eigenvalue weighted by Gasteiger charge is 2.35. The number of hydrogen-bond acceptors (Lipinski definition) is 4. The first-order valence-corrected chi connectivity index (χ1v) is 7.29. The SMILES string of the molecule is C=CC[C@]1(CO)CCCN(C(=O)c2ccnc(NC)c2)C1. The van der Waals surface area contributed by atoms with Gasteiger partial charge < -0.3 is 15.3 Å². The molecule has 21 heavy (non-hydrogen) atoms. The number of amides is 1. The van der Waals surface area contributed by atoms with E-state index in [4.69, 9.17) is 0 Å². The molecule has 0 bridgehead atoms. The third-order valence-electron chi connectivity index (χ3n) is 4.12. The van der Waals surface area contributed by atoms with E-state index in [-0.39, 0.29) is 17.9 Å². The average molecular weight is 289 g/mol. The molecule has 5 heteroatoms. The lowest BCUT2D eigenvalue weighted by Gasteiger charge is -2.41. The molecule has 0 aromatic carbocycles. The summed E-state index contributed by atoms with van der Waals surface area (Å²) in [4.78, 5) is 18.6. The van der Waals surface area contributed by atoms with E-state index in [2.05, 4.69) is 16.9 Å². The Morgan fingerprint density at radius 2 is 2.48 bits per heavy atom. The smallest absolute Gasteiger partial charge is 0.254 e. The van der Waals surface area contributed by atoms with Gasteiger partial charge in [0.2, 0.25) is 0 Å². The van der Waals surface area contributed by atoms with Gasteiger partial charge in [-0.05, 0) is 31.4 Å². The number of allylic oxidation sites excluding steroid dienone is 1. The zero-order valence-corrected chi connectivity index (χ0v) is 12.5. The van der Waals surface area contributed by atoms with Crippen molar-refractivity contribution in [2.45, 2.75) is 19.3 Å². The van der Waals surface area contributed by atoms with Crippen molar-refractivity contribution in [2.75, 3.05) is 32.1 Å². The van der Waals surface area contributed by atoms with Crippen LogP contribution in [-0.4, -0.2) is 47.6 Å². The van der Waals surface area contributed by atoms with E-state index in [0.29, 0.717) is 17.9 Å². The number of pyridine rings is 1. The summed E-state index contributed by atoms with van der Waals surface area (Å²) in [7, 11) is 1.78. The van der Waals surface area contributed by atoms with Crippen molar-refractivity contribution in [3.63, 3.8) is 0 Å². The number of anilines is 1. The highest BCUT2D eigenvalue weighted by Crippen LogP contribution is 2.34. The van der Waals surface area contributed by atoms with Gasteiger partial charge in [0.1, 0.15) is 5.82 Å². The Balaban J connectivity index is 2.16. The molecule has 1 fully saturated rings. The Morgan fingerprint density at radius 1 is 1.67 bits per heavy atom. The summed E-state index contributed by atoms with van der Waals surface area (Å²) in [6.45, 7) is 5.16. The van der Waals surface area contributed by atoms with E-state index < -0.39 is 0 Å². The summed E-state index contributed by atoms with van der Waals surface area (Å²) in [6, 6.07) is 3.48. The Bertz CT molecular complexity index is 518. The first kappa shape index (κ1) is 15.5. The van der Waals surface area contributed by atoms with Gasteiger partial charge >= 0.3 is 0 Å². The molecule has 1 saturated heterocycles. The molecule has 2 heterocycles. The van der Waals surface area contributed by atoms with Gasteiger partial charge in [-0.1, -0.05) is 6.08 Å². The van der Waals surface area contributed by atoms with E-state index in [1.165, 1.54) is 0 Å². The van der Waals surface area contributed by atoms with E-state index in [0.717, 1.165) is 25.8 Å². The molecule has 1 aromatic rings. The van der Waals surface area contributed by atoms with Gasteiger partial charge in [-0.15, -0.1) is 6.58 Å². The Morgan fingerprint density at radius 3 is 3.14 bits per heavy atom. The van der Waals surface area contributed by atoms with Crippen LogP contribution in [0.2, 0.25) is 0 Å². The summed E-state index contributed by atoms with van der Waals surface area (Å²) in [5.41, 5.74) is 0.385. The molecular formula is C16H23N3O2. The van der Waals surface area contributed by atoms with Crippen LogP contribution in [0, 0.1) is 5.41 Å². The fourth-order valence-electron chi connectivity index (χ4n) is 2.93. The molecule has 114 valence electrons. The van der Waals surface area contributed by atoms with Crippen LogP contribution in [0.5, 0.6) is 0 Å². The molecule has 1 aromatic heterocycles. The van der Waals surface area contributed by atoms with Gasteiger partial charge in [0.25, 0.3) is 5.91 Å². The number of aliphatic hydroxyl groups is 1. The van der Waals surface area contributed by atoms with E-state index in [1.807, 2.05) is 11.0 Å². The third-order valence-corrected chi connectivity index (χ3v) is 4.12. The van der Waals surface area contributed by atoms with Gasteiger partial charge in [0.15, 0.2) is 0 Å². The Labute approximate surface area is 125 Å². The normalized spacial score (nSPS) is 21.9. The zero-order chi connectivity index (χ0) is 15.3. The van der Waals surface area contributed by atoms with Gasteiger partial charge in [0.05, 0.1) is 6.61 Å². The van der Waals surface area contributed by atoms with Crippen molar-refractivity contribution < 1.29 is 9.90 Å². The minimum absolute atomic E-state index is 0.00418. The summed E-state index contributed by atoms with van der Waals surface area (Å²) >= 11 is 0. The number of nitrogens with zero attached hydrogens (tertiary/aromatic N) is 2. The number of aliphatic hydroxyl groups excluding tert-OH is 1. The molecule has 0 spiro atoms. The Kier molecular flexibility index (Phi) is 4.96. The number of carbonyl (C=O) groups excluding carboxylic acids is 1. The van der Waals surface area contributed by atoms with Crippen LogP contribution in [0.3, 0.4) is 0 Å². The van der Waals surface area contributed by atoms with Crippen LogP contribution < -0.4 is 5.32 Å². The van der Waals surface area contributed by atoms with Crippen molar-refractivity contribution in [3.05, 3.63) is 36.5 Å². The molecule has 1 aliphatic rings. The summed E-state index contributed by atoms with van der Waals surface area (Å²) in [5.74, 6) is 0.674. The van der Waals surface area contributed by atoms with E-state index in [1.54, 1.807) is 25.4 Å². The number of aromatic nitrogens is 1. The molecule has 2 N–H and O–H groups in total. The van der Waals surface area contributed by atoms with E-state index in [9.17, 15) is 9.90 Å². The predicted molar refractivity (Wildman–Crippen MR) is 83.3 cm³/mol. The minimum Gasteiger partial charge on any atom is -0.396 e. The van der Waals surface area contributed by atoms with Crippen LogP contribution in [0.25, 0.3) is 0 Å². The first-order chi connectivity index (χ1) is 10.1. The number of nitrogens with one attached hydrogen (secondary N) is 1. The van der Waals surface area contributed by atoms with Crippen molar-refractivity contribution >= 4 is 11.7 Å². The lowest BCUT2D eigenvalue weighted by molar-refractivity contribution is 0.0285. The molecule has 0 radical (unpaired) electrons. The molecule has 0 saturated carbocycles. The lowest BCUT2D eigenvalue weighted by Crippen LogP contribution is -2.47. The highest BCUT2D eigenvalue weighted by atomic mass is 16.3. The maximum absolute atomic E-state index is 12.6. The fourth-order valence-corrected chi connectivity index (χ4v) is 2.93. The van der Waals surface area contributed by atoms with Crippen LogP contribution >= 0.6 is 0 Å². The van der Waals surface area contributed by atoms with Gasteiger partial charge in [-0.3, -0.25) is 4.79 Å². The molecule has 0 aliphatic carbocycles. The summed E-state index contributed by atoms with van der Waals surface area (Å²) in [5, 5.41) is 12.7. The van der Waals surface area contributed by atoms with E-state index >= 15 is 0 Å². The van der Waals surface area contributed by atoms with Crippen LogP contribution in [0.15, 0.2) is 31.0 Å². The van der Waals surface area contributed by atoms with Crippen LogP contribution in [0.1, 0.15) is 29.6 Å². The number of carbonyl (C=O) groups is 1. The molecule has 2 rings (SSSR count). The van der Waals surface area contributed by atoms with Crippen molar-refractivity contribution in [1.82, 2.24) is 9.88 Å². The van der Waals surface area contributed by atoms with Crippen LogP contribution in [-0.2, 0) is 0 Å². The molecule has 5 nitrogen and oxygen atoms in total. The second-order valence-corrected chi connectivity index (χ2v) is 5.66. The fraction of sp³-hybridized carbons (Fsp3) is 0.500. The lowest BCUT2D eigenvalue weighted by atomic mass is 9.77. The minimum atomic E-state index is -0.242. The summed E-state index contributed by atoms with van der Waals surface area (Å²) < 4.78 is 0. The quantitative estimate of drug-likeness (QED) is 0.813. The first-order valence-electron chi connectivity index (χ1n) is 7.29. The number of likely N-dealkylation sites (tertiary alicyclic amines) is 1. The highest BCUT2D eigenvalue weighted by molar-refractivity contribution is 5.94. The van der Waals surface area contributed by atoms with Crippen molar-refractivity contribution in [2.24, 2.45) is 5.41 Å². The largest absolute Gasteiger partial charge is 0.396 e. The second kappa shape index (κ2) is 6.72. The number of rotatable bonds is 5. The van der Waals surface area contributed by atoms with Gasteiger partial charge in [0, 0.05) is 37.3 Å². The topological polar surface area (TPSA) is 65.5 Å². The monoisotopic (exact) mass is 289 g/mol. The number of piperidine rings is 1. The zero-order valence-electron chi connectivity index (χ0n) is 12.5. The third kappa shape index (κ3) is 3.42. The molecule has 1 atom stereocenters. The molecule has 0 unspecified atom stereocenters. The number of hydrogen-bond donors (Lipinski definition) is 2. The summed E-state index contributed by atoms with van der Waals surface area (Å²) in [6.07, 6.45) is 6.02. The maximum atomic E-state index is 12.6. The van der Waals surface area contributed by atoms with Gasteiger partial charge in [-0.2, -0.15) is 0 Å². The molecule has 1 aliphatic heterocycles. The maximum Gasteiger partial charge on any atom is 0.254 e. The Hall–Kier alpha value is -1.88. The second-order valence-electron chi connectivity index (χ2n) is 5.66. The standard InChI is InChI=1S/C16H23N3O2/c1-3-6-16(12-20)7-4-9-19(11-16)15(21)13-5-8-18-14(10-13)17-2/h3,5,8,10,20H,1,4,6-7,9,11-12H2,2H3,(H,17,18)/t16-/m0/s1. The molecule has 1 amide bonds. The molecular weight excluding hydrogens is 266 g/mol. The van der Waals surface area contributed by atoms with Crippen LogP contribution in [0.4, 0.5) is 5.82 Å².